The van der Waals surface area contributed by atoms with Crippen molar-refractivity contribution in [2.24, 2.45) is 5.41 Å². The summed E-state index contributed by atoms with van der Waals surface area (Å²) in [5.41, 5.74) is 2.66. The molecule has 1 aromatic rings. The van der Waals surface area contributed by atoms with Crippen molar-refractivity contribution in [3.8, 4) is 6.07 Å². The first kappa shape index (κ1) is 11.2. The van der Waals surface area contributed by atoms with Crippen molar-refractivity contribution in [3.05, 3.63) is 35.4 Å². The van der Waals surface area contributed by atoms with Gasteiger partial charge in [-0.3, -0.25) is 0 Å². The normalized spacial score (nSPS) is 17.1. The average molecular weight is 214 g/mol. The fourth-order valence-electron chi connectivity index (χ4n) is 2.11. The smallest absolute Gasteiger partial charge is 0.0703 e. The Labute approximate surface area is 97.5 Å². The molecule has 0 radical (unpaired) electrons. The van der Waals surface area contributed by atoms with Gasteiger partial charge in [0.2, 0.25) is 0 Å². The van der Waals surface area contributed by atoms with Crippen molar-refractivity contribution in [3.63, 3.8) is 0 Å². The molecule has 0 N–H and O–H groups in total. The van der Waals surface area contributed by atoms with Crippen LogP contribution in [0.2, 0.25) is 0 Å². The molecule has 2 heteroatoms. The molecule has 1 aromatic carbocycles. The predicted octanol–water partition coefficient (Wildman–Crippen LogP) is 2.73. The quantitative estimate of drug-likeness (QED) is 0.770. The Balaban J connectivity index is 1.96. The molecule has 0 saturated heterocycles. The molecule has 2 nitrogen and oxygen atoms in total. The van der Waals surface area contributed by atoms with Gasteiger partial charge >= 0.3 is 0 Å². The van der Waals surface area contributed by atoms with Gasteiger partial charge in [0.25, 0.3) is 0 Å². The van der Waals surface area contributed by atoms with Crippen LogP contribution in [0.4, 0.5) is 0 Å². The molecule has 0 amide bonds. The van der Waals surface area contributed by atoms with Gasteiger partial charge in [0, 0.05) is 13.1 Å². The summed E-state index contributed by atoms with van der Waals surface area (Å²) in [5, 5.41) is 9.05. The first-order chi connectivity index (χ1) is 7.65. The molecule has 1 fully saturated rings. The van der Waals surface area contributed by atoms with E-state index in [9.17, 15) is 0 Å². The number of nitriles is 1. The largest absolute Gasteiger partial charge is 0.301 e. The summed E-state index contributed by atoms with van der Waals surface area (Å²) in [5.74, 6) is 0. The number of benzene rings is 1. The Morgan fingerprint density at radius 3 is 2.62 bits per heavy atom. The third-order valence-electron chi connectivity index (χ3n) is 3.36. The molecule has 1 aliphatic carbocycles. The van der Waals surface area contributed by atoms with Crippen LogP contribution in [0.1, 0.15) is 24.0 Å². The summed E-state index contributed by atoms with van der Waals surface area (Å²) < 4.78 is 0. The maximum atomic E-state index is 9.05. The van der Waals surface area contributed by atoms with Gasteiger partial charge < -0.3 is 4.90 Å². The van der Waals surface area contributed by atoms with Crippen LogP contribution in [0, 0.1) is 23.7 Å². The molecule has 0 atom stereocenters. The van der Waals surface area contributed by atoms with Gasteiger partial charge in [0.15, 0.2) is 0 Å². The highest BCUT2D eigenvalue weighted by molar-refractivity contribution is 5.25. The average Bonchev–Trinajstić information content (AvgIpc) is 3.02. The summed E-state index contributed by atoms with van der Waals surface area (Å²) >= 11 is 0. The summed E-state index contributed by atoms with van der Waals surface area (Å²) in [6.45, 7) is 3.98. The standard InChI is InChI=1S/C14H18N2/c1-12-5-3-4-6-13(12)9-16(2)11-14(10-15)7-8-14/h3-6H,7-9,11H2,1-2H3. The fraction of sp³-hybridized carbons (Fsp3) is 0.500. The summed E-state index contributed by atoms with van der Waals surface area (Å²) in [6.07, 6.45) is 2.14. The van der Waals surface area contributed by atoms with Crippen molar-refractivity contribution in [2.75, 3.05) is 13.6 Å². The summed E-state index contributed by atoms with van der Waals surface area (Å²) in [4.78, 5) is 2.26. The monoisotopic (exact) mass is 214 g/mol. The number of hydrogen-bond donors (Lipinski definition) is 0. The zero-order chi connectivity index (χ0) is 11.6. The Bertz CT molecular complexity index is 413. The first-order valence-electron chi connectivity index (χ1n) is 5.79. The van der Waals surface area contributed by atoms with Gasteiger partial charge in [-0.25, -0.2) is 0 Å². The molecule has 2 rings (SSSR count). The van der Waals surface area contributed by atoms with E-state index < -0.39 is 0 Å². The van der Waals surface area contributed by atoms with Crippen molar-refractivity contribution >= 4 is 0 Å². The van der Waals surface area contributed by atoms with Crippen LogP contribution in [-0.2, 0) is 6.54 Å². The van der Waals surface area contributed by atoms with E-state index in [1.165, 1.54) is 11.1 Å². The van der Waals surface area contributed by atoms with Crippen molar-refractivity contribution < 1.29 is 0 Å². The molecular weight excluding hydrogens is 196 g/mol. The Hall–Kier alpha value is -1.33. The van der Waals surface area contributed by atoms with Gasteiger partial charge in [-0.2, -0.15) is 5.26 Å². The molecule has 0 unspecified atom stereocenters. The number of rotatable bonds is 4. The third-order valence-corrected chi connectivity index (χ3v) is 3.36. The maximum absolute atomic E-state index is 9.05. The van der Waals surface area contributed by atoms with Gasteiger partial charge in [-0.05, 0) is 37.9 Å². The van der Waals surface area contributed by atoms with Crippen LogP contribution in [-0.4, -0.2) is 18.5 Å². The lowest BCUT2D eigenvalue weighted by Gasteiger charge is -2.20. The molecule has 0 heterocycles. The van der Waals surface area contributed by atoms with Crippen LogP contribution < -0.4 is 0 Å². The number of aryl methyl sites for hydroxylation is 1. The van der Waals surface area contributed by atoms with E-state index in [-0.39, 0.29) is 5.41 Å². The third kappa shape index (κ3) is 2.43. The minimum absolute atomic E-state index is 0.0303. The zero-order valence-corrected chi connectivity index (χ0v) is 10.0. The minimum Gasteiger partial charge on any atom is -0.301 e. The maximum Gasteiger partial charge on any atom is 0.0703 e. The SMILES string of the molecule is Cc1ccccc1CN(C)CC1(C#N)CC1. The topological polar surface area (TPSA) is 27.0 Å². The number of hydrogen-bond acceptors (Lipinski definition) is 2. The van der Waals surface area contributed by atoms with Crippen LogP contribution >= 0.6 is 0 Å². The van der Waals surface area contributed by atoms with E-state index in [2.05, 4.69) is 49.2 Å². The lowest BCUT2D eigenvalue weighted by molar-refractivity contribution is 0.286. The Kier molecular flexibility index (Phi) is 2.98. The lowest BCUT2D eigenvalue weighted by atomic mass is 10.1. The van der Waals surface area contributed by atoms with Crippen molar-refractivity contribution in [1.29, 1.82) is 5.26 Å². The minimum atomic E-state index is -0.0303. The first-order valence-corrected chi connectivity index (χ1v) is 5.79. The van der Waals surface area contributed by atoms with E-state index in [1.54, 1.807) is 0 Å². The zero-order valence-electron chi connectivity index (χ0n) is 10.0. The van der Waals surface area contributed by atoms with Crippen LogP contribution in [0.15, 0.2) is 24.3 Å². The van der Waals surface area contributed by atoms with E-state index in [1.807, 2.05) is 0 Å². The van der Waals surface area contributed by atoms with Crippen LogP contribution in [0.5, 0.6) is 0 Å². The Morgan fingerprint density at radius 1 is 1.38 bits per heavy atom. The molecule has 1 saturated carbocycles. The molecule has 0 bridgehead atoms. The van der Waals surface area contributed by atoms with E-state index in [0.29, 0.717) is 0 Å². The molecule has 84 valence electrons. The van der Waals surface area contributed by atoms with Gasteiger partial charge in [-0.15, -0.1) is 0 Å². The molecule has 1 aliphatic rings. The van der Waals surface area contributed by atoms with Crippen LogP contribution in [0.3, 0.4) is 0 Å². The lowest BCUT2D eigenvalue weighted by Crippen LogP contribution is -2.25. The van der Waals surface area contributed by atoms with Gasteiger partial charge in [-0.1, -0.05) is 24.3 Å². The molecular formula is C14H18N2. The second-order valence-electron chi connectivity index (χ2n) is 4.99. The van der Waals surface area contributed by atoms with Gasteiger partial charge in [0.05, 0.1) is 11.5 Å². The molecule has 0 spiro atoms. The molecule has 0 aromatic heterocycles. The second kappa shape index (κ2) is 4.27. The highest BCUT2D eigenvalue weighted by Gasteiger charge is 2.43. The van der Waals surface area contributed by atoms with Crippen LogP contribution in [0.25, 0.3) is 0 Å². The number of nitrogens with zero attached hydrogens (tertiary/aromatic N) is 2. The predicted molar refractivity (Wildman–Crippen MR) is 64.8 cm³/mol. The molecule has 16 heavy (non-hydrogen) atoms. The summed E-state index contributed by atoms with van der Waals surface area (Å²) in [7, 11) is 2.10. The summed E-state index contributed by atoms with van der Waals surface area (Å²) in [6, 6.07) is 10.9. The van der Waals surface area contributed by atoms with E-state index >= 15 is 0 Å². The molecule has 0 aliphatic heterocycles. The van der Waals surface area contributed by atoms with Gasteiger partial charge in [0.1, 0.15) is 0 Å². The highest BCUT2D eigenvalue weighted by atomic mass is 15.1. The van der Waals surface area contributed by atoms with E-state index in [4.69, 9.17) is 5.26 Å². The highest BCUT2D eigenvalue weighted by Crippen LogP contribution is 2.45. The van der Waals surface area contributed by atoms with Crippen molar-refractivity contribution in [2.45, 2.75) is 26.3 Å². The van der Waals surface area contributed by atoms with Crippen molar-refractivity contribution in [1.82, 2.24) is 4.90 Å². The Morgan fingerprint density at radius 2 is 2.06 bits per heavy atom. The fourth-order valence-corrected chi connectivity index (χ4v) is 2.11. The van der Waals surface area contributed by atoms with E-state index in [0.717, 1.165) is 25.9 Å². The second-order valence-corrected chi connectivity index (χ2v) is 4.99.